The van der Waals surface area contributed by atoms with Crippen molar-refractivity contribution in [1.29, 1.82) is 0 Å². The number of nitro benzene ring substituents is 1. The van der Waals surface area contributed by atoms with Gasteiger partial charge in [0.2, 0.25) is 0 Å². The number of aliphatic hydroxyl groups is 2. The fourth-order valence-corrected chi connectivity index (χ4v) is 0.937. The molecule has 0 aliphatic rings. The largest absolute Gasteiger partial charge is 0.395 e. The van der Waals surface area contributed by atoms with E-state index in [1.165, 1.54) is 12.1 Å². The van der Waals surface area contributed by atoms with Crippen molar-refractivity contribution in [2.75, 3.05) is 32.0 Å². The molecule has 0 radical (unpaired) electrons. The van der Waals surface area contributed by atoms with Crippen molar-refractivity contribution in [3.63, 3.8) is 0 Å². The predicted molar refractivity (Wildman–Crippen MR) is 64.6 cm³/mol. The maximum atomic E-state index is 10.1. The van der Waals surface area contributed by atoms with Crippen molar-refractivity contribution < 1.29 is 15.1 Å². The van der Waals surface area contributed by atoms with E-state index >= 15 is 0 Å². The molecule has 0 aromatic heterocycles. The van der Waals surface area contributed by atoms with Crippen molar-refractivity contribution in [3.8, 4) is 0 Å². The molecule has 5 N–H and O–H groups in total. The summed E-state index contributed by atoms with van der Waals surface area (Å²) in [6.45, 7) is 1.42. The number of anilines is 1. The molecule has 7 heteroatoms. The summed E-state index contributed by atoms with van der Waals surface area (Å²) < 4.78 is 0. The van der Waals surface area contributed by atoms with Crippen LogP contribution in [0.3, 0.4) is 0 Å². The number of aliphatic hydroxyl groups excluding tert-OH is 2. The summed E-state index contributed by atoms with van der Waals surface area (Å²) >= 11 is 0. The molecular formula is C10H17N3O4. The first-order valence-corrected chi connectivity index (χ1v) is 5.04. The second kappa shape index (κ2) is 9.52. The number of benzene rings is 1. The van der Waals surface area contributed by atoms with Crippen LogP contribution in [-0.2, 0) is 0 Å². The molecule has 17 heavy (non-hydrogen) atoms. The fraction of sp³-hybridized carbons (Fsp3) is 0.400. The third kappa shape index (κ3) is 7.23. The molecule has 0 fully saturated rings. The van der Waals surface area contributed by atoms with E-state index in [1.54, 1.807) is 12.1 Å². The van der Waals surface area contributed by atoms with Gasteiger partial charge in [0.25, 0.3) is 5.69 Å². The van der Waals surface area contributed by atoms with Crippen molar-refractivity contribution in [2.24, 2.45) is 0 Å². The lowest BCUT2D eigenvalue weighted by atomic mass is 10.3. The predicted octanol–water partition coefficient (Wildman–Crippen LogP) is -0.262. The van der Waals surface area contributed by atoms with Gasteiger partial charge in [-0.3, -0.25) is 10.1 Å². The summed E-state index contributed by atoms with van der Waals surface area (Å²) in [6, 6.07) is 6.10. The Kier molecular flexibility index (Phi) is 8.57. The molecule has 0 spiro atoms. The van der Waals surface area contributed by atoms with Gasteiger partial charge in [0.1, 0.15) is 5.69 Å². The molecule has 96 valence electrons. The fourth-order valence-electron chi connectivity index (χ4n) is 0.937. The number of para-hydroxylation sites is 2. The lowest BCUT2D eigenvalue weighted by molar-refractivity contribution is -0.383. The Hall–Kier alpha value is -1.70. The Morgan fingerprint density at radius 1 is 1.24 bits per heavy atom. The first-order chi connectivity index (χ1) is 8.13. The van der Waals surface area contributed by atoms with E-state index < -0.39 is 4.92 Å². The lowest BCUT2D eigenvalue weighted by Crippen LogP contribution is -2.21. The second-order valence-corrected chi connectivity index (χ2v) is 3.01. The normalized spacial score (nSPS) is 9.29. The Labute approximate surface area is 99.0 Å². The zero-order valence-electron chi connectivity index (χ0n) is 9.37. The average Bonchev–Trinajstić information content (AvgIpc) is 2.31. The monoisotopic (exact) mass is 243 g/mol. The molecule has 0 saturated carbocycles. The number of rotatable bonds is 5. The summed E-state index contributed by atoms with van der Waals surface area (Å²) in [7, 11) is 0. The van der Waals surface area contributed by atoms with Crippen LogP contribution >= 0.6 is 0 Å². The molecule has 7 nitrogen and oxygen atoms in total. The minimum absolute atomic E-state index is 0.0394. The summed E-state index contributed by atoms with van der Waals surface area (Å²) in [5, 5.41) is 29.2. The maximum absolute atomic E-state index is 10.1. The van der Waals surface area contributed by atoms with Crippen LogP contribution in [0.5, 0.6) is 0 Å². The molecule has 0 heterocycles. The van der Waals surface area contributed by atoms with Crippen LogP contribution < -0.4 is 11.1 Å². The molecule has 1 aromatic carbocycles. The standard InChI is InChI=1S/C6H6N2O2.C4H11NO2/c7-5-3-1-2-4-6(5)8(9)10;6-3-1-5-2-4-7/h1-4H,7H2;5-7H,1-4H2. The van der Waals surface area contributed by atoms with Gasteiger partial charge in [-0.1, -0.05) is 12.1 Å². The van der Waals surface area contributed by atoms with Crippen molar-refractivity contribution in [1.82, 2.24) is 5.32 Å². The minimum atomic E-state index is -0.505. The number of hydrogen-bond donors (Lipinski definition) is 4. The highest BCUT2D eigenvalue weighted by molar-refractivity contribution is 5.57. The summed E-state index contributed by atoms with van der Waals surface area (Å²) in [5.41, 5.74) is 5.44. The maximum Gasteiger partial charge on any atom is 0.292 e. The molecule has 1 aromatic rings. The van der Waals surface area contributed by atoms with Gasteiger partial charge in [-0.15, -0.1) is 0 Å². The Morgan fingerprint density at radius 2 is 1.76 bits per heavy atom. The molecule has 0 unspecified atom stereocenters. The van der Waals surface area contributed by atoms with Crippen LogP contribution in [-0.4, -0.2) is 41.4 Å². The van der Waals surface area contributed by atoms with Gasteiger partial charge in [0.05, 0.1) is 18.1 Å². The quantitative estimate of drug-likeness (QED) is 0.244. The number of nitrogens with two attached hydrogens (primary N) is 1. The molecule has 0 aliphatic carbocycles. The zero-order chi connectivity index (χ0) is 13.1. The molecule has 0 bridgehead atoms. The molecule has 0 saturated heterocycles. The molecular weight excluding hydrogens is 226 g/mol. The van der Waals surface area contributed by atoms with Gasteiger partial charge in [0.15, 0.2) is 0 Å². The number of nitro groups is 1. The second-order valence-electron chi connectivity index (χ2n) is 3.01. The molecule has 1 rings (SSSR count). The van der Waals surface area contributed by atoms with Crippen LogP contribution in [0.25, 0.3) is 0 Å². The van der Waals surface area contributed by atoms with E-state index in [2.05, 4.69) is 5.32 Å². The van der Waals surface area contributed by atoms with E-state index in [1.807, 2.05) is 0 Å². The van der Waals surface area contributed by atoms with Crippen LogP contribution in [0.2, 0.25) is 0 Å². The van der Waals surface area contributed by atoms with E-state index in [4.69, 9.17) is 15.9 Å². The van der Waals surface area contributed by atoms with E-state index in [0.717, 1.165) is 0 Å². The first-order valence-electron chi connectivity index (χ1n) is 5.04. The van der Waals surface area contributed by atoms with Gasteiger partial charge < -0.3 is 21.3 Å². The SMILES string of the molecule is Nc1ccccc1[N+](=O)[O-].OCCNCCO. The smallest absolute Gasteiger partial charge is 0.292 e. The zero-order valence-corrected chi connectivity index (χ0v) is 9.37. The number of nitrogen functional groups attached to an aromatic ring is 1. The first kappa shape index (κ1) is 15.3. The number of hydrogen-bond acceptors (Lipinski definition) is 6. The van der Waals surface area contributed by atoms with E-state index in [-0.39, 0.29) is 24.6 Å². The van der Waals surface area contributed by atoms with Crippen LogP contribution in [0.15, 0.2) is 24.3 Å². The van der Waals surface area contributed by atoms with Crippen molar-refractivity contribution in [3.05, 3.63) is 34.4 Å². The van der Waals surface area contributed by atoms with Gasteiger partial charge in [-0.05, 0) is 6.07 Å². The highest BCUT2D eigenvalue weighted by atomic mass is 16.6. The highest BCUT2D eigenvalue weighted by Crippen LogP contribution is 2.18. The van der Waals surface area contributed by atoms with Gasteiger partial charge in [0, 0.05) is 19.2 Å². The van der Waals surface area contributed by atoms with Gasteiger partial charge >= 0.3 is 0 Å². The summed E-state index contributed by atoms with van der Waals surface area (Å²) in [5.74, 6) is 0. The Bertz CT molecular complexity index is 329. The summed E-state index contributed by atoms with van der Waals surface area (Å²) in [4.78, 5) is 9.64. The highest BCUT2D eigenvalue weighted by Gasteiger charge is 2.07. The number of nitrogens with one attached hydrogen (secondary N) is 1. The lowest BCUT2D eigenvalue weighted by Gasteiger charge is -1.94. The van der Waals surface area contributed by atoms with Gasteiger partial charge in [-0.25, -0.2) is 0 Å². The van der Waals surface area contributed by atoms with E-state index in [9.17, 15) is 10.1 Å². The summed E-state index contributed by atoms with van der Waals surface area (Å²) in [6.07, 6.45) is 0. The van der Waals surface area contributed by atoms with Crippen LogP contribution in [0.4, 0.5) is 11.4 Å². The Balaban J connectivity index is 0.000000325. The third-order valence-corrected chi connectivity index (χ3v) is 1.71. The van der Waals surface area contributed by atoms with Crippen LogP contribution in [0, 0.1) is 10.1 Å². The van der Waals surface area contributed by atoms with Crippen LogP contribution in [0.1, 0.15) is 0 Å². The molecule has 0 aliphatic heterocycles. The number of nitrogens with zero attached hydrogens (tertiary/aromatic N) is 1. The molecule has 0 atom stereocenters. The van der Waals surface area contributed by atoms with E-state index in [0.29, 0.717) is 13.1 Å². The topological polar surface area (TPSA) is 122 Å². The minimum Gasteiger partial charge on any atom is -0.395 e. The van der Waals surface area contributed by atoms with Gasteiger partial charge in [-0.2, -0.15) is 0 Å². The molecule has 0 amide bonds. The van der Waals surface area contributed by atoms with Crippen molar-refractivity contribution in [2.45, 2.75) is 0 Å². The Morgan fingerprint density at radius 3 is 2.12 bits per heavy atom. The third-order valence-electron chi connectivity index (χ3n) is 1.71. The average molecular weight is 243 g/mol. The van der Waals surface area contributed by atoms with Crippen molar-refractivity contribution >= 4 is 11.4 Å².